The summed E-state index contributed by atoms with van der Waals surface area (Å²) < 4.78 is 0. The van der Waals surface area contributed by atoms with Crippen molar-refractivity contribution < 1.29 is 5.11 Å². The minimum absolute atomic E-state index is 0.512. The Labute approximate surface area is 83.7 Å². The van der Waals surface area contributed by atoms with Gasteiger partial charge in [-0.2, -0.15) is 0 Å². The summed E-state index contributed by atoms with van der Waals surface area (Å²) in [6, 6.07) is 7.23. The lowest BCUT2D eigenvalue weighted by Crippen LogP contribution is -1.97. The number of rotatable bonds is 2. The summed E-state index contributed by atoms with van der Waals surface area (Å²) in [6.07, 6.45) is 1.39. The number of hydrogen-bond donors (Lipinski definition) is 1. The highest BCUT2D eigenvalue weighted by Gasteiger charge is 2.07. The van der Waals surface area contributed by atoms with Crippen LogP contribution in [-0.2, 0) is 0 Å². The van der Waals surface area contributed by atoms with E-state index in [0.29, 0.717) is 5.02 Å². The molecule has 0 aliphatic carbocycles. The van der Waals surface area contributed by atoms with Crippen molar-refractivity contribution in [1.82, 2.24) is 0 Å². The number of benzene rings is 1. The van der Waals surface area contributed by atoms with Crippen LogP contribution >= 0.6 is 11.6 Å². The van der Waals surface area contributed by atoms with Gasteiger partial charge < -0.3 is 5.11 Å². The van der Waals surface area contributed by atoms with Crippen LogP contribution < -0.4 is 0 Å². The maximum atomic E-state index is 9.77. The molecular formula is C11H13ClO. The lowest BCUT2D eigenvalue weighted by Gasteiger charge is -2.10. The van der Waals surface area contributed by atoms with E-state index in [9.17, 15) is 5.11 Å². The number of halogens is 1. The van der Waals surface area contributed by atoms with Gasteiger partial charge >= 0.3 is 0 Å². The van der Waals surface area contributed by atoms with E-state index < -0.39 is 6.10 Å². The number of aliphatic hydroxyl groups excluding tert-OH is 1. The van der Waals surface area contributed by atoms with E-state index in [1.807, 2.05) is 32.1 Å². The summed E-state index contributed by atoms with van der Waals surface area (Å²) in [7, 11) is 0. The van der Waals surface area contributed by atoms with Crippen LogP contribution in [0.2, 0.25) is 5.02 Å². The maximum absolute atomic E-state index is 9.77. The molecule has 1 aromatic carbocycles. The summed E-state index contributed by atoms with van der Waals surface area (Å²) in [4.78, 5) is 0. The Morgan fingerprint density at radius 3 is 2.38 bits per heavy atom. The van der Waals surface area contributed by atoms with E-state index in [1.54, 1.807) is 12.1 Å². The number of allylic oxidation sites excluding steroid dienone is 1. The van der Waals surface area contributed by atoms with Gasteiger partial charge in [-0.3, -0.25) is 0 Å². The molecule has 70 valence electrons. The highest BCUT2D eigenvalue weighted by Crippen LogP contribution is 2.22. The summed E-state index contributed by atoms with van der Waals surface area (Å²) in [5.41, 5.74) is 1.82. The van der Waals surface area contributed by atoms with E-state index in [2.05, 4.69) is 0 Å². The molecule has 0 saturated heterocycles. The van der Waals surface area contributed by atoms with Crippen LogP contribution in [0.4, 0.5) is 0 Å². The normalized spacial score (nSPS) is 14.3. The Hall–Kier alpha value is -0.790. The van der Waals surface area contributed by atoms with Crippen LogP contribution in [0.25, 0.3) is 0 Å². The largest absolute Gasteiger partial charge is 0.384 e. The van der Waals surface area contributed by atoms with Crippen molar-refractivity contribution in [2.45, 2.75) is 20.0 Å². The molecule has 13 heavy (non-hydrogen) atoms. The lowest BCUT2D eigenvalue weighted by atomic mass is 10.0. The van der Waals surface area contributed by atoms with E-state index >= 15 is 0 Å². The average molecular weight is 197 g/mol. The quantitative estimate of drug-likeness (QED) is 0.720. The number of hydrogen-bond acceptors (Lipinski definition) is 1. The lowest BCUT2D eigenvalue weighted by molar-refractivity contribution is 0.215. The van der Waals surface area contributed by atoms with Gasteiger partial charge in [-0.1, -0.05) is 29.8 Å². The van der Waals surface area contributed by atoms with Crippen LogP contribution in [-0.4, -0.2) is 5.11 Å². The molecule has 0 aliphatic rings. The van der Waals surface area contributed by atoms with Crippen molar-refractivity contribution in [2.75, 3.05) is 0 Å². The fourth-order valence-electron chi connectivity index (χ4n) is 1.07. The van der Waals surface area contributed by atoms with Crippen molar-refractivity contribution in [2.24, 2.45) is 0 Å². The van der Waals surface area contributed by atoms with E-state index in [4.69, 9.17) is 11.6 Å². The Kier molecular flexibility index (Phi) is 3.52. The zero-order chi connectivity index (χ0) is 9.84. The predicted molar refractivity (Wildman–Crippen MR) is 55.8 cm³/mol. The second-order valence-electron chi connectivity index (χ2n) is 2.99. The van der Waals surface area contributed by atoms with Crippen molar-refractivity contribution in [1.29, 1.82) is 0 Å². The van der Waals surface area contributed by atoms with Gasteiger partial charge in [0.2, 0.25) is 0 Å². The van der Waals surface area contributed by atoms with Crippen LogP contribution in [0, 0.1) is 0 Å². The summed E-state index contributed by atoms with van der Waals surface area (Å²) in [5, 5.41) is 10.5. The van der Waals surface area contributed by atoms with Crippen LogP contribution in [0.5, 0.6) is 0 Å². The Morgan fingerprint density at radius 2 is 1.92 bits per heavy atom. The van der Waals surface area contributed by atoms with Crippen molar-refractivity contribution in [3.8, 4) is 0 Å². The third kappa shape index (κ3) is 2.58. The topological polar surface area (TPSA) is 20.2 Å². The second-order valence-corrected chi connectivity index (χ2v) is 3.42. The molecule has 0 spiro atoms. The fourth-order valence-corrected chi connectivity index (χ4v) is 1.19. The molecule has 2 heteroatoms. The highest BCUT2D eigenvalue weighted by molar-refractivity contribution is 6.30. The Bertz CT molecular complexity index is 300. The molecule has 1 atom stereocenters. The molecule has 1 rings (SSSR count). The molecule has 0 aromatic heterocycles. The molecule has 1 N–H and O–H groups in total. The third-order valence-corrected chi connectivity index (χ3v) is 2.32. The van der Waals surface area contributed by atoms with Gasteiger partial charge in [0.1, 0.15) is 0 Å². The number of aliphatic hydroxyl groups is 1. The predicted octanol–water partition coefficient (Wildman–Crippen LogP) is 3.34. The van der Waals surface area contributed by atoms with Gasteiger partial charge in [0.05, 0.1) is 6.10 Å². The molecule has 0 heterocycles. The SMILES string of the molecule is C/C=C(\C)C(O)c1ccc(Cl)cc1. The summed E-state index contributed by atoms with van der Waals surface area (Å²) in [5.74, 6) is 0. The molecule has 0 aliphatic heterocycles. The monoisotopic (exact) mass is 196 g/mol. The zero-order valence-corrected chi connectivity index (χ0v) is 8.55. The third-order valence-electron chi connectivity index (χ3n) is 2.07. The van der Waals surface area contributed by atoms with Crippen LogP contribution in [0.1, 0.15) is 25.5 Å². The first kappa shape index (κ1) is 10.3. The molecular weight excluding hydrogens is 184 g/mol. The highest BCUT2D eigenvalue weighted by atomic mass is 35.5. The van der Waals surface area contributed by atoms with Crippen LogP contribution in [0.15, 0.2) is 35.9 Å². The van der Waals surface area contributed by atoms with E-state index in [-0.39, 0.29) is 0 Å². The molecule has 1 nitrogen and oxygen atoms in total. The first-order valence-electron chi connectivity index (χ1n) is 4.21. The molecule has 0 saturated carbocycles. The molecule has 1 aromatic rings. The maximum Gasteiger partial charge on any atom is 0.0998 e. The van der Waals surface area contributed by atoms with Gasteiger partial charge in [0.25, 0.3) is 0 Å². The van der Waals surface area contributed by atoms with E-state index in [0.717, 1.165) is 11.1 Å². The fraction of sp³-hybridized carbons (Fsp3) is 0.273. The van der Waals surface area contributed by atoms with Gasteiger partial charge in [0, 0.05) is 5.02 Å². The molecule has 0 fully saturated rings. The van der Waals surface area contributed by atoms with Gasteiger partial charge in [-0.05, 0) is 37.1 Å². The van der Waals surface area contributed by atoms with E-state index in [1.165, 1.54) is 0 Å². The van der Waals surface area contributed by atoms with Crippen LogP contribution in [0.3, 0.4) is 0 Å². The van der Waals surface area contributed by atoms with Gasteiger partial charge in [0.15, 0.2) is 0 Å². The van der Waals surface area contributed by atoms with Crippen molar-refractivity contribution in [3.05, 3.63) is 46.5 Å². The Balaban J connectivity index is 2.89. The molecule has 0 amide bonds. The average Bonchev–Trinajstić information content (AvgIpc) is 2.17. The second kappa shape index (κ2) is 4.45. The molecule has 0 bridgehead atoms. The zero-order valence-electron chi connectivity index (χ0n) is 7.79. The Morgan fingerprint density at radius 1 is 1.38 bits per heavy atom. The first-order chi connectivity index (χ1) is 6.15. The molecule has 0 radical (unpaired) electrons. The van der Waals surface area contributed by atoms with Crippen molar-refractivity contribution in [3.63, 3.8) is 0 Å². The smallest absolute Gasteiger partial charge is 0.0998 e. The first-order valence-corrected chi connectivity index (χ1v) is 4.59. The van der Waals surface area contributed by atoms with Gasteiger partial charge in [-0.25, -0.2) is 0 Å². The summed E-state index contributed by atoms with van der Waals surface area (Å²) >= 11 is 5.73. The molecule has 1 unspecified atom stereocenters. The minimum Gasteiger partial charge on any atom is -0.384 e. The minimum atomic E-state index is -0.512. The summed E-state index contributed by atoms with van der Waals surface area (Å²) in [6.45, 7) is 3.81. The standard InChI is InChI=1S/C11H13ClO/c1-3-8(2)11(13)9-4-6-10(12)7-5-9/h3-7,11,13H,1-2H3/b8-3+. The van der Waals surface area contributed by atoms with Gasteiger partial charge in [-0.15, -0.1) is 0 Å². The van der Waals surface area contributed by atoms with Crippen molar-refractivity contribution >= 4 is 11.6 Å².